The monoisotopic (exact) mass is 552 g/mol. The second-order valence-electron chi connectivity index (χ2n) is 11.6. The van der Waals surface area contributed by atoms with Gasteiger partial charge in [-0.1, -0.05) is 38.2 Å². The minimum Gasteiger partial charge on any atom is -0.496 e. The third-order valence-electron chi connectivity index (χ3n) is 8.88. The molecule has 3 fully saturated rings. The zero-order valence-electron chi connectivity index (χ0n) is 23.1. The van der Waals surface area contributed by atoms with Gasteiger partial charge < -0.3 is 35.2 Å². The van der Waals surface area contributed by atoms with E-state index in [-0.39, 0.29) is 23.8 Å². The van der Waals surface area contributed by atoms with Gasteiger partial charge in [-0.05, 0) is 56.2 Å². The average molecular weight is 553 g/mol. The summed E-state index contributed by atoms with van der Waals surface area (Å²) in [5.74, 6) is -0.268. The highest BCUT2D eigenvalue weighted by Crippen LogP contribution is 2.35. The molecule has 1 aromatic carbocycles. The lowest BCUT2D eigenvalue weighted by molar-refractivity contribution is -0.127. The number of amides is 3. The van der Waals surface area contributed by atoms with Crippen molar-refractivity contribution in [3.8, 4) is 5.75 Å². The van der Waals surface area contributed by atoms with Crippen LogP contribution in [0.3, 0.4) is 0 Å². The molecule has 3 heterocycles. The van der Waals surface area contributed by atoms with Crippen molar-refractivity contribution >= 4 is 34.9 Å². The van der Waals surface area contributed by atoms with E-state index in [4.69, 9.17) is 9.47 Å². The Morgan fingerprint density at radius 2 is 1.93 bits per heavy atom. The fourth-order valence-corrected chi connectivity index (χ4v) is 6.65. The minimum absolute atomic E-state index is 0.0794. The normalized spacial score (nSPS) is 22.4. The molecule has 5 rings (SSSR count). The third-order valence-corrected chi connectivity index (χ3v) is 8.88. The van der Waals surface area contributed by atoms with E-state index in [1.54, 1.807) is 13.2 Å². The van der Waals surface area contributed by atoms with Crippen LogP contribution in [-0.2, 0) is 19.1 Å². The number of aldehydes is 1. The lowest BCUT2D eigenvalue weighted by Crippen LogP contribution is -2.51. The van der Waals surface area contributed by atoms with Gasteiger partial charge in [0, 0.05) is 35.6 Å². The van der Waals surface area contributed by atoms with Gasteiger partial charge in [0.1, 0.15) is 23.8 Å². The van der Waals surface area contributed by atoms with E-state index in [9.17, 15) is 19.2 Å². The first kappa shape index (κ1) is 28.1. The van der Waals surface area contributed by atoms with Crippen LogP contribution in [0.1, 0.15) is 74.7 Å². The number of ether oxygens (including phenoxy) is 2. The van der Waals surface area contributed by atoms with Gasteiger partial charge >= 0.3 is 0 Å². The molecule has 3 atom stereocenters. The van der Waals surface area contributed by atoms with Crippen LogP contribution in [0.4, 0.5) is 0 Å². The van der Waals surface area contributed by atoms with Gasteiger partial charge in [-0.25, -0.2) is 0 Å². The third kappa shape index (κ3) is 6.32. The van der Waals surface area contributed by atoms with Gasteiger partial charge in [-0.15, -0.1) is 0 Å². The van der Waals surface area contributed by atoms with E-state index in [0.717, 1.165) is 49.4 Å². The molecule has 216 valence electrons. The first-order chi connectivity index (χ1) is 19.4. The number of carbonyl (C=O) groups is 4. The molecule has 3 amide bonds. The van der Waals surface area contributed by atoms with Crippen LogP contribution in [0.25, 0.3) is 10.9 Å². The number of methoxy groups -OCH3 is 1. The molecule has 0 bridgehead atoms. The highest BCUT2D eigenvalue weighted by Gasteiger charge is 2.45. The van der Waals surface area contributed by atoms with E-state index in [0.29, 0.717) is 49.7 Å². The summed E-state index contributed by atoms with van der Waals surface area (Å²) in [5, 5.41) is 9.67. The smallest absolute Gasteiger partial charge is 0.268 e. The molecule has 3 aliphatic rings. The lowest BCUT2D eigenvalue weighted by Gasteiger charge is -2.33. The van der Waals surface area contributed by atoms with Crippen LogP contribution >= 0.6 is 0 Å². The molecule has 10 nitrogen and oxygen atoms in total. The van der Waals surface area contributed by atoms with Crippen molar-refractivity contribution in [3.63, 3.8) is 0 Å². The summed E-state index contributed by atoms with van der Waals surface area (Å²) in [6, 6.07) is 5.63. The topological polar surface area (TPSA) is 139 Å². The summed E-state index contributed by atoms with van der Waals surface area (Å²) in [6.45, 7) is 1.21. The number of carbonyl (C=O) groups excluding carboxylic acids is 4. The zero-order valence-corrected chi connectivity index (χ0v) is 23.1. The molecular weight excluding hydrogens is 512 g/mol. The molecule has 1 aliphatic carbocycles. The van der Waals surface area contributed by atoms with Crippen LogP contribution in [0, 0.1) is 11.8 Å². The second-order valence-corrected chi connectivity index (χ2v) is 11.6. The summed E-state index contributed by atoms with van der Waals surface area (Å²) in [7, 11) is 1.58. The highest BCUT2D eigenvalue weighted by atomic mass is 16.5. The van der Waals surface area contributed by atoms with Gasteiger partial charge in [0.05, 0.1) is 13.2 Å². The minimum atomic E-state index is -0.818. The molecule has 1 saturated carbocycles. The summed E-state index contributed by atoms with van der Waals surface area (Å²) in [5.41, 5.74) is 0.810. The number of benzene rings is 1. The number of aromatic amines is 1. The largest absolute Gasteiger partial charge is 0.496 e. The van der Waals surface area contributed by atoms with Crippen molar-refractivity contribution in [1.29, 1.82) is 0 Å². The Kier molecular flexibility index (Phi) is 8.73. The van der Waals surface area contributed by atoms with Crippen molar-refractivity contribution in [1.82, 2.24) is 20.9 Å². The maximum absolute atomic E-state index is 13.5. The number of hydrogen-bond donors (Lipinski definition) is 4. The Balaban J connectivity index is 1.27. The maximum Gasteiger partial charge on any atom is 0.268 e. The number of nitrogens with one attached hydrogen (secondary N) is 4. The summed E-state index contributed by atoms with van der Waals surface area (Å²) < 4.78 is 10.9. The number of fused-ring (bicyclic) bond motifs is 1. The van der Waals surface area contributed by atoms with E-state index in [2.05, 4.69) is 20.9 Å². The fraction of sp³-hybridized carbons (Fsp3) is 0.600. The summed E-state index contributed by atoms with van der Waals surface area (Å²) in [4.78, 5) is 54.8. The Bertz CT molecular complexity index is 1230. The SMILES string of the molecule is COc1cccc2[nH]c(C(=O)N[C@@H](CC3CCCCC3)C(=O)NC(C=O)CC3CC4(CCOCC4)NC3=O)cc12. The lowest BCUT2D eigenvalue weighted by atomic mass is 9.83. The predicted octanol–water partition coefficient (Wildman–Crippen LogP) is 3.00. The molecule has 2 aromatic rings. The van der Waals surface area contributed by atoms with Crippen molar-refractivity contribution in [3.05, 3.63) is 30.0 Å². The number of rotatable bonds is 10. The van der Waals surface area contributed by atoms with E-state index in [1.807, 2.05) is 18.2 Å². The van der Waals surface area contributed by atoms with Gasteiger partial charge in [-0.3, -0.25) is 14.4 Å². The van der Waals surface area contributed by atoms with Crippen LogP contribution < -0.4 is 20.7 Å². The van der Waals surface area contributed by atoms with Crippen LogP contribution in [0.2, 0.25) is 0 Å². The van der Waals surface area contributed by atoms with Gasteiger partial charge in [-0.2, -0.15) is 0 Å². The Hall–Kier alpha value is -3.40. The standard InChI is InChI=1S/C30H40N4O6/c1-39-26-9-5-8-23-22(26)16-25(32-23)29(38)33-24(14-19-6-3-2-4-7-19)28(37)31-21(18-35)15-20-17-30(34-27(20)36)10-12-40-13-11-30/h5,8-9,16,18-21,24,32H,2-4,6-7,10-15,17H2,1H3,(H,31,37)(H,33,38)(H,34,36)/t20?,21?,24-/m0/s1. The van der Waals surface area contributed by atoms with E-state index >= 15 is 0 Å². The zero-order chi connectivity index (χ0) is 28.1. The molecule has 4 N–H and O–H groups in total. The molecule has 1 aromatic heterocycles. The number of aromatic nitrogens is 1. The average Bonchev–Trinajstić information content (AvgIpc) is 3.53. The maximum atomic E-state index is 13.5. The quantitative estimate of drug-likeness (QED) is 0.334. The van der Waals surface area contributed by atoms with E-state index < -0.39 is 23.9 Å². The molecule has 1 spiro atoms. The Labute approximate surface area is 234 Å². The molecule has 0 radical (unpaired) electrons. The Morgan fingerprint density at radius 1 is 1.15 bits per heavy atom. The molecule has 2 saturated heterocycles. The predicted molar refractivity (Wildman–Crippen MR) is 149 cm³/mol. The molecule has 40 heavy (non-hydrogen) atoms. The van der Waals surface area contributed by atoms with Crippen molar-refractivity contribution in [2.75, 3.05) is 20.3 Å². The van der Waals surface area contributed by atoms with E-state index in [1.165, 1.54) is 6.42 Å². The molecule has 2 aliphatic heterocycles. The first-order valence-electron chi connectivity index (χ1n) is 14.5. The van der Waals surface area contributed by atoms with Gasteiger partial charge in [0.25, 0.3) is 5.91 Å². The fourth-order valence-electron chi connectivity index (χ4n) is 6.65. The van der Waals surface area contributed by atoms with Crippen molar-refractivity contribution < 1.29 is 28.7 Å². The Morgan fingerprint density at radius 3 is 2.65 bits per heavy atom. The number of H-pyrrole nitrogens is 1. The van der Waals surface area contributed by atoms with Gasteiger partial charge in [0.15, 0.2) is 0 Å². The molecular formula is C30H40N4O6. The van der Waals surface area contributed by atoms with Crippen molar-refractivity contribution in [2.45, 2.75) is 81.8 Å². The van der Waals surface area contributed by atoms with Crippen LogP contribution in [-0.4, -0.2) is 66.9 Å². The first-order valence-corrected chi connectivity index (χ1v) is 14.5. The molecule has 10 heteroatoms. The highest BCUT2D eigenvalue weighted by molar-refractivity contribution is 6.01. The number of hydrogen-bond acceptors (Lipinski definition) is 6. The summed E-state index contributed by atoms with van der Waals surface area (Å²) >= 11 is 0. The molecule has 2 unspecified atom stereocenters. The van der Waals surface area contributed by atoms with Crippen LogP contribution in [0.5, 0.6) is 5.75 Å². The van der Waals surface area contributed by atoms with Crippen molar-refractivity contribution in [2.24, 2.45) is 11.8 Å². The second kappa shape index (κ2) is 12.4. The summed E-state index contributed by atoms with van der Waals surface area (Å²) in [6.07, 6.45) is 8.97. The van der Waals surface area contributed by atoms with Gasteiger partial charge in [0.2, 0.25) is 11.8 Å². The van der Waals surface area contributed by atoms with Crippen LogP contribution in [0.15, 0.2) is 24.3 Å².